The van der Waals surface area contributed by atoms with Gasteiger partial charge in [0.05, 0.1) is 4.60 Å². The molecule has 0 radical (unpaired) electrons. The van der Waals surface area contributed by atoms with Crippen molar-refractivity contribution >= 4 is 32.9 Å². The molecule has 3 rings (SSSR count). The van der Waals surface area contributed by atoms with E-state index in [9.17, 15) is 4.79 Å². The number of aromatic amines is 1. The molecule has 2 aromatic rings. The normalized spacial score (nSPS) is 16.4. The number of carbonyl (C=O) groups excluding carboxylic acids is 1. The van der Waals surface area contributed by atoms with Gasteiger partial charge in [-0.05, 0) is 85.1 Å². The van der Waals surface area contributed by atoms with Crippen molar-refractivity contribution in [3.8, 4) is 0 Å². The Bertz CT molecular complexity index is 768. The number of fused-ring (bicyclic) bond motifs is 1. The van der Waals surface area contributed by atoms with E-state index in [0.29, 0.717) is 5.92 Å². The number of amides is 1. The molecule has 0 spiro atoms. The van der Waals surface area contributed by atoms with Gasteiger partial charge in [-0.1, -0.05) is 13.0 Å². The van der Waals surface area contributed by atoms with Gasteiger partial charge in [0.25, 0.3) is 0 Å². The second-order valence-electron chi connectivity index (χ2n) is 7.82. The highest BCUT2D eigenvalue weighted by Crippen LogP contribution is 2.33. The Morgan fingerprint density at radius 1 is 1.32 bits per heavy atom. The Morgan fingerprint density at radius 3 is 2.60 bits per heavy atom. The standard InChI is InChI=1S/C20H27BrN2O2/c1-5-15-16-12-14(6-7-17(16)22-18(15)21)13-8-10-23(11-9-13)19(24)25-20(2,3)4/h6-7,12-13,22H,5,8-11H2,1-4H3. The van der Waals surface area contributed by atoms with Gasteiger partial charge in [-0.2, -0.15) is 0 Å². The van der Waals surface area contributed by atoms with Crippen molar-refractivity contribution in [2.45, 2.75) is 58.5 Å². The SMILES string of the molecule is CCc1c(Br)[nH]c2ccc(C3CCN(C(=O)OC(C)(C)C)CC3)cc12. The van der Waals surface area contributed by atoms with E-state index in [2.05, 4.69) is 46.0 Å². The second kappa shape index (κ2) is 7.02. The molecule has 1 N–H and O–H groups in total. The number of halogens is 1. The summed E-state index contributed by atoms with van der Waals surface area (Å²) >= 11 is 3.62. The minimum atomic E-state index is -0.433. The van der Waals surface area contributed by atoms with Gasteiger partial charge in [0.15, 0.2) is 0 Å². The van der Waals surface area contributed by atoms with Crippen LogP contribution in [0.5, 0.6) is 0 Å². The smallest absolute Gasteiger partial charge is 0.410 e. The fourth-order valence-corrected chi connectivity index (χ4v) is 4.26. The first-order chi connectivity index (χ1) is 11.8. The fraction of sp³-hybridized carbons (Fsp3) is 0.550. The van der Waals surface area contributed by atoms with Crippen LogP contribution in [-0.4, -0.2) is 34.7 Å². The number of aryl methyl sites for hydroxylation is 1. The first kappa shape index (κ1) is 18.3. The maximum Gasteiger partial charge on any atom is 0.410 e. The zero-order chi connectivity index (χ0) is 18.2. The van der Waals surface area contributed by atoms with Crippen molar-refractivity contribution in [1.29, 1.82) is 0 Å². The highest BCUT2D eigenvalue weighted by molar-refractivity contribution is 9.10. The first-order valence-corrected chi connectivity index (χ1v) is 9.85. The molecule has 0 saturated carbocycles. The van der Waals surface area contributed by atoms with Crippen LogP contribution in [0.3, 0.4) is 0 Å². The summed E-state index contributed by atoms with van der Waals surface area (Å²) in [5.41, 5.74) is 3.45. The summed E-state index contributed by atoms with van der Waals surface area (Å²) in [6.07, 6.45) is 2.78. The van der Waals surface area contributed by atoms with Gasteiger partial charge < -0.3 is 14.6 Å². The minimum absolute atomic E-state index is 0.191. The molecular weight excluding hydrogens is 380 g/mol. The van der Waals surface area contributed by atoms with Crippen LogP contribution in [-0.2, 0) is 11.2 Å². The molecule has 0 bridgehead atoms. The summed E-state index contributed by atoms with van der Waals surface area (Å²) in [6.45, 7) is 9.43. The maximum absolute atomic E-state index is 12.2. The van der Waals surface area contributed by atoms with Crippen molar-refractivity contribution in [3.05, 3.63) is 33.9 Å². The van der Waals surface area contributed by atoms with E-state index >= 15 is 0 Å². The number of likely N-dealkylation sites (tertiary alicyclic amines) is 1. The van der Waals surface area contributed by atoms with Gasteiger partial charge in [-0.15, -0.1) is 0 Å². The number of H-pyrrole nitrogens is 1. The van der Waals surface area contributed by atoms with Crippen LogP contribution in [0.1, 0.15) is 57.6 Å². The van der Waals surface area contributed by atoms with Gasteiger partial charge in [0, 0.05) is 24.0 Å². The van der Waals surface area contributed by atoms with Crippen molar-refractivity contribution in [2.75, 3.05) is 13.1 Å². The Hall–Kier alpha value is -1.49. The number of ether oxygens (including phenoxy) is 1. The number of benzene rings is 1. The van der Waals surface area contributed by atoms with Crippen LogP contribution in [0.4, 0.5) is 4.79 Å². The molecule has 5 heteroatoms. The van der Waals surface area contributed by atoms with E-state index < -0.39 is 5.60 Å². The Kier molecular flexibility index (Phi) is 5.14. The molecule has 2 heterocycles. The average molecular weight is 407 g/mol. The number of carbonyl (C=O) groups is 1. The van der Waals surface area contributed by atoms with Crippen molar-refractivity contribution in [2.24, 2.45) is 0 Å². The predicted molar refractivity (Wildman–Crippen MR) is 105 cm³/mol. The maximum atomic E-state index is 12.2. The molecule has 1 amide bonds. The van der Waals surface area contributed by atoms with Crippen molar-refractivity contribution < 1.29 is 9.53 Å². The largest absolute Gasteiger partial charge is 0.444 e. The molecule has 25 heavy (non-hydrogen) atoms. The topological polar surface area (TPSA) is 45.3 Å². The zero-order valence-corrected chi connectivity index (χ0v) is 17.1. The van der Waals surface area contributed by atoms with Gasteiger partial charge >= 0.3 is 6.09 Å². The van der Waals surface area contributed by atoms with Crippen LogP contribution in [0.2, 0.25) is 0 Å². The molecule has 1 aliphatic rings. The Balaban J connectivity index is 1.71. The number of piperidine rings is 1. The van der Waals surface area contributed by atoms with Crippen LogP contribution in [0, 0.1) is 0 Å². The van der Waals surface area contributed by atoms with E-state index in [4.69, 9.17) is 4.74 Å². The van der Waals surface area contributed by atoms with Crippen molar-refractivity contribution in [3.63, 3.8) is 0 Å². The quantitative estimate of drug-likeness (QED) is 0.704. The lowest BCUT2D eigenvalue weighted by atomic mass is 9.88. The third kappa shape index (κ3) is 4.02. The van der Waals surface area contributed by atoms with E-state index in [1.165, 1.54) is 22.0 Å². The molecule has 1 aliphatic heterocycles. The van der Waals surface area contributed by atoms with E-state index in [1.54, 1.807) is 0 Å². The van der Waals surface area contributed by atoms with Crippen LogP contribution < -0.4 is 0 Å². The monoisotopic (exact) mass is 406 g/mol. The fourth-order valence-electron chi connectivity index (χ4n) is 3.55. The molecule has 1 fully saturated rings. The van der Waals surface area contributed by atoms with Gasteiger partial charge in [-0.3, -0.25) is 0 Å². The molecule has 1 aromatic carbocycles. The number of rotatable bonds is 2. The lowest BCUT2D eigenvalue weighted by molar-refractivity contribution is 0.0205. The molecule has 4 nitrogen and oxygen atoms in total. The molecule has 1 aromatic heterocycles. The summed E-state index contributed by atoms with van der Waals surface area (Å²) in [5.74, 6) is 0.501. The van der Waals surface area contributed by atoms with E-state index in [-0.39, 0.29) is 6.09 Å². The lowest BCUT2D eigenvalue weighted by Crippen LogP contribution is -2.41. The summed E-state index contributed by atoms with van der Waals surface area (Å²) in [7, 11) is 0. The molecule has 0 unspecified atom stereocenters. The van der Waals surface area contributed by atoms with Gasteiger partial charge in [-0.25, -0.2) is 4.79 Å². The average Bonchev–Trinajstić information content (AvgIpc) is 2.87. The summed E-state index contributed by atoms with van der Waals surface area (Å²) in [6, 6.07) is 6.72. The highest BCUT2D eigenvalue weighted by Gasteiger charge is 2.27. The molecular formula is C20H27BrN2O2. The Labute approximate surface area is 158 Å². The number of nitrogens with zero attached hydrogens (tertiary/aromatic N) is 1. The number of hydrogen-bond acceptors (Lipinski definition) is 2. The van der Waals surface area contributed by atoms with E-state index in [1.807, 2.05) is 25.7 Å². The van der Waals surface area contributed by atoms with Crippen LogP contribution >= 0.6 is 15.9 Å². The van der Waals surface area contributed by atoms with Gasteiger partial charge in [0.1, 0.15) is 5.60 Å². The van der Waals surface area contributed by atoms with Crippen molar-refractivity contribution in [1.82, 2.24) is 9.88 Å². The molecule has 0 atom stereocenters. The molecule has 136 valence electrons. The number of hydrogen-bond donors (Lipinski definition) is 1. The van der Waals surface area contributed by atoms with Gasteiger partial charge in [0.2, 0.25) is 0 Å². The summed E-state index contributed by atoms with van der Waals surface area (Å²) in [4.78, 5) is 17.4. The summed E-state index contributed by atoms with van der Waals surface area (Å²) in [5, 5.41) is 1.31. The van der Waals surface area contributed by atoms with Crippen LogP contribution in [0.15, 0.2) is 22.8 Å². The third-order valence-electron chi connectivity index (χ3n) is 4.85. The zero-order valence-electron chi connectivity index (χ0n) is 15.5. The van der Waals surface area contributed by atoms with Crippen LogP contribution in [0.25, 0.3) is 10.9 Å². The highest BCUT2D eigenvalue weighted by atomic mass is 79.9. The minimum Gasteiger partial charge on any atom is -0.444 e. The first-order valence-electron chi connectivity index (χ1n) is 9.06. The predicted octanol–water partition coefficient (Wildman–Crippen LogP) is 5.61. The Morgan fingerprint density at radius 2 is 2.00 bits per heavy atom. The molecule has 1 saturated heterocycles. The number of nitrogens with one attached hydrogen (secondary N) is 1. The second-order valence-corrected chi connectivity index (χ2v) is 8.61. The molecule has 0 aliphatic carbocycles. The van der Waals surface area contributed by atoms with E-state index in [0.717, 1.165) is 37.0 Å². The number of aromatic nitrogens is 1. The summed E-state index contributed by atoms with van der Waals surface area (Å²) < 4.78 is 6.57. The lowest BCUT2D eigenvalue weighted by Gasteiger charge is -2.33. The third-order valence-corrected chi connectivity index (χ3v) is 5.53.